The van der Waals surface area contributed by atoms with E-state index in [0.29, 0.717) is 35.1 Å². The van der Waals surface area contributed by atoms with Crippen LogP contribution in [0, 0.1) is 5.92 Å². The summed E-state index contributed by atoms with van der Waals surface area (Å²) < 4.78 is 18.7. The Kier molecular flexibility index (Phi) is 6.63. The van der Waals surface area contributed by atoms with Crippen LogP contribution in [0.5, 0.6) is 17.2 Å². The Hall–Kier alpha value is -3.75. The maximum absolute atomic E-state index is 12.3. The zero-order valence-corrected chi connectivity index (χ0v) is 20.1. The van der Waals surface area contributed by atoms with Gasteiger partial charge in [-0.2, -0.15) is 0 Å². The average molecular weight is 467 g/mol. The number of nitrogens with zero attached hydrogens (tertiary/aromatic N) is 2. The molecule has 1 fully saturated rings. The van der Waals surface area contributed by atoms with E-state index in [9.17, 15) is 9.59 Å². The minimum atomic E-state index is -0.168. The lowest BCUT2D eigenvalue weighted by atomic mass is 10.1. The second-order valence-electron chi connectivity index (χ2n) is 8.28. The van der Waals surface area contributed by atoms with E-state index in [1.54, 1.807) is 41.5 Å². The first-order valence-corrected chi connectivity index (χ1v) is 11.2. The lowest BCUT2D eigenvalue weighted by Gasteiger charge is -2.19. The van der Waals surface area contributed by atoms with E-state index in [4.69, 9.17) is 19.2 Å². The number of ether oxygens (including phenoxy) is 3. The number of rotatable bonds is 7. The van der Waals surface area contributed by atoms with Crippen LogP contribution >= 0.6 is 0 Å². The molecule has 1 saturated carbocycles. The molecule has 0 radical (unpaired) electrons. The molecule has 1 aromatic heterocycles. The van der Waals surface area contributed by atoms with E-state index in [0.717, 1.165) is 29.4 Å². The number of carbonyl (C=O) groups excluding carboxylic acids is 2. The second-order valence-corrected chi connectivity index (χ2v) is 8.28. The third kappa shape index (κ3) is 4.02. The zero-order valence-electron chi connectivity index (χ0n) is 20.1. The van der Waals surface area contributed by atoms with Gasteiger partial charge in [-0.3, -0.25) is 9.59 Å². The normalized spacial score (nSPS) is 17.4. The van der Waals surface area contributed by atoms with Crippen molar-refractivity contribution < 1.29 is 23.8 Å². The summed E-state index contributed by atoms with van der Waals surface area (Å²) in [7, 11) is 7.98. The van der Waals surface area contributed by atoms with E-state index in [1.165, 1.54) is 0 Å². The molecule has 0 aliphatic heterocycles. The molecular weight excluding hydrogens is 436 g/mol. The molecule has 9 heteroatoms. The molecule has 0 saturated heterocycles. The summed E-state index contributed by atoms with van der Waals surface area (Å²) in [4.78, 5) is 29.6. The molecule has 2 amide bonds. The van der Waals surface area contributed by atoms with Gasteiger partial charge in [0.2, 0.25) is 11.7 Å². The van der Waals surface area contributed by atoms with Crippen molar-refractivity contribution in [3.63, 3.8) is 0 Å². The highest BCUT2D eigenvalue weighted by molar-refractivity contribution is 5.97. The molecule has 9 nitrogen and oxygen atoms in total. The number of hydrogen-bond donors (Lipinski definition) is 2. The quantitative estimate of drug-likeness (QED) is 0.554. The maximum Gasteiger partial charge on any atom is 0.251 e. The summed E-state index contributed by atoms with van der Waals surface area (Å²) in [5.41, 5.74) is 2.94. The van der Waals surface area contributed by atoms with Crippen molar-refractivity contribution in [2.75, 3.05) is 35.4 Å². The van der Waals surface area contributed by atoms with Crippen LogP contribution in [0.3, 0.4) is 0 Å². The van der Waals surface area contributed by atoms with Gasteiger partial charge in [0, 0.05) is 37.2 Å². The summed E-state index contributed by atoms with van der Waals surface area (Å²) >= 11 is 0. The molecule has 1 aliphatic rings. The molecule has 0 unspecified atom stereocenters. The van der Waals surface area contributed by atoms with Crippen LogP contribution in [0.15, 0.2) is 30.3 Å². The van der Waals surface area contributed by atoms with Crippen LogP contribution in [-0.2, 0) is 4.79 Å². The molecule has 2 aromatic carbocycles. The van der Waals surface area contributed by atoms with Gasteiger partial charge in [0.05, 0.1) is 32.4 Å². The third-order valence-corrected chi connectivity index (χ3v) is 6.49. The van der Waals surface area contributed by atoms with Gasteiger partial charge in [0.15, 0.2) is 11.5 Å². The van der Waals surface area contributed by atoms with Crippen molar-refractivity contribution in [2.24, 2.45) is 5.92 Å². The Labute approximate surface area is 198 Å². The molecule has 0 bridgehead atoms. The Balaban J connectivity index is 1.93. The van der Waals surface area contributed by atoms with Gasteiger partial charge in [-0.25, -0.2) is 4.98 Å². The fourth-order valence-corrected chi connectivity index (χ4v) is 4.80. The van der Waals surface area contributed by atoms with Crippen LogP contribution in [0.4, 0.5) is 0 Å². The SMILES string of the molecule is CNC(=O)c1ccc2nc(-c3cc(OC)c(OC)c(OC)c3)n([C@H]3CC[C@@H](C(=O)NC)C3)c2c1. The highest BCUT2D eigenvalue weighted by Crippen LogP contribution is 2.44. The molecule has 180 valence electrons. The van der Waals surface area contributed by atoms with Crippen LogP contribution in [0.25, 0.3) is 22.4 Å². The fraction of sp³-hybridized carbons (Fsp3) is 0.400. The topological polar surface area (TPSA) is 104 Å². The van der Waals surface area contributed by atoms with Crippen molar-refractivity contribution in [2.45, 2.75) is 25.3 Å². The Morgan fingerprint density at radius 3 is 2.26 bits per heavy atom. The predicted octanol–water partition coefficient (Wildman–Crippen LogP) is 3.18. The zero-order chi connectivity index (χ0) is 24.4. The number of benzene rings is 2. The number of amides is 2. The summed E-state index contributed by atoms with van der Waals surface area (Å²) in [6.07, 6.45) is 2.30. The van der Waals surface area contributed by atoms with E-state index in [1.807, 2.05) is 24.3 Å². The number of aromatic nitrogens is 2. The first-order valence-electron chi connectivity index (χ1n) is 11.2. The lowest BCUT2D eigenvalue weighted by Crippen LogP contribution is -2.25. The van der Waals surface area contributed by atoms with Crippen molar-refractivity contribution in [1.29, 1.82) is 0 Å². The largest absolute Gasteiger partial charge is 0.493 e. The minimum absolute atomic E-state index is 0.0429. The van der Waals surface area contributed by atoms with Crippen LogP contribution in [0.1, 0.15) is 35.7 Å². The van der Waals surface area contributed by atoms with Crippen LogP contribution < -0.4 is 24.8 Å². The van der Waals surface area contributed by atoms with Gasteiger partial charge in [-0.05, 0) is 49.6 Å². The van der Waals surface area contributed by atoms with Gasteiger partial charge in [-0.15, -0.1) is 0 Å². The number of imidazole rings is 1. The Bertz CT molecular complexity index is 1210. The van der Waals surface area contributed by atoms with E-state index in [2.05, 4.69) is 15.2 Å². The van der Waals surface area contributed by atoms with E-state index in [-0.39, 0.29) is 23.8 Å². The van der Waals surface area contributed by atoms with Crippen molar-refractivity contribution in [1.82, 2.24) is 20.2 Å². The van der Waals surface area contributed by atoms with Crippen molar-refractivity contribution >= 4 is 22.8 Å². The standard InChI is InChI=1S/C25H30N4O5/c1-26-24(30)14-6-8-17(10-14)29-19-11-15(25(31)27-2)7-9-18(19)28-23(29)16-12-20(32-3)22(34-5)21(13-16)33-4/h7,9,11-14,17H,6,8,10H2,1-5H3,(H,26,30)(H,27,31)/t14-,17+/m1/s1. The summed E-state index contributed by atoms with van der Waals surface area (Å²) in [5, 5.41) is 5.44. The van der Waals surface area contributed by atoms with Gasteiger partial charge < -0.3 is 29.4 Å². The van der Waals surface area contributed by atoms with E-state index < -0.39 is 0 Å². The molecule has 1 heterocycles. The van der Waals surface area contributed by atoms with Gasteiger partial charge in [0.25, 0.3) is 5.91 Å². The third-order valence-electron chi connectivity index (χ3n) is 6.49. The Morgan fingerprint density at radius 1 is 0.971 bits per heavy atom. The van der Waals surface area contributed by atoms with Gasteiger partial charge in [-0.1, -0.05) is 0 Å². The maximum atomic E-state index is 12.3. The molecule has 34 heavy (non-hydrogen) atoms. The predicted molar refractivity (Wildman–Crippen MR) is 129 cm³/mol. The van der Waals surface area contributed by atoms with Crippen LogP contribution in [0.2, 0.25) is 0 Å². The smallest absolute Gasteiger partial charge is 0.251 e. The Morgan fingerprint density at radius 2 is 1.68 bits per heavy atom. The average Bonchev–Trinajstić information content (AvgIpc) is 3.51. The van der Waals surface area contributed by atoms with Crippen molar-refractivity contribution in [3.05, 3.63) is 35.9 Å². The second kappa shape index (κ2) is 9.62. The monoisotopic (exact) mass is 466 g/mol. The molecule has 2 atom stereocenters. The first-order chi connectivity index (χ1) is 16.4. The summed E-state index contributed by atoms with van der Waals surface area (Å²) in [6.45, 7) is 0. The van der Waals surface area contributed by atoms with Gasteiger partial charge >= 0.3 is 0 Å². The highest BCUT2D eigenvalue weighted by Gasteiger charge is 2.33. The molecule has 3 aromatic rings. The molecular formula is C25H30N4O5. The lowest BCUT2D eigenvalue weighted by molar-refractivity contribution is -0.124. The number of hydrogen-bond acceptors (Lipinski definition) is 6. The highest BCUT2D eigenvalue weighted by atomic mass is 16.5. The van der Waals surface area contributed by atoms with E-state index >= 15 is 0 Å². The summed E-state index contributed by atoms with van der Waals surface area (Å²) in [6, 6.07) is 9.24. The minimum Gasteiger partial charge on any atom is -0.493 e. The first kappa shape index (κ1) is 23.4. The number of methoxy groups -OCH3 is 3. The molecule has 2 N–H and O–H groups in total. The van der Waals surface area contributed by atoms with Crippen molar-refractivity contribution in [3.8, 4) is 28.6 Å². The number of carbonyl (C=O) groups is 2. The fourth-order valence-electron chi connectivity index (χ4n) is 4.80. The number of nitrogens with one attached hydrogen (secondary N) is 2. The number of fused-ring (bicyclic) bond motifs is 1. The molecule has 4 rings (SSSR count). The van der Waals surface area contributed by atoms with Gasteiger partial charge in [0.1, 0.15) is 5.82 Å². The van der Waals surface area contributed by atoms with Crippen LogP contribution in [-0.4, -0.2) is 56.8 Å². The molecule has 1 aliphatic carbocycles. The molecule has 0 spiro atoms. The summed E-state index contributed by atoms with van der Waals surface area (Å²) in [5.74, 6) is 2.07.